The van der Waals surface area contributed by atoms with Gasteiger partial charge >= 0.3 is 0 Å². The molecule has 0 aromatic carbocycles. The summed E-state index contributed by atoms with van der Waals surface area (Å²) in [6.07, 6.45) is 3.24. The summed E-state index contributed by atoms with van der Waals surface area (Å²) in [4.78, 5) is 3.71. The van der Waals surface area contributed by atoms with Gasteiger partial charge in [0.05, 0.1) is 6.20 Å². The molecule has 1 aromatic rings. The quantitative estimate of drug-likeness (QED) is 0.699. The van der Waals surface area contributed by atoms with Crippen molar-refractivity contribution in [2.75, 3.05) is 0 Å². The Hall–Kier alpha value is -1.40. The van der Waals surface area contributed by atoms with Crippen LogP contribution in [0.4, 0.5) is 4.39 Å². The van der Waals surface area contributed by atoms with Gasteiger partial charge in [-0.25, -0.2) is 4.39 Å². The molecule has 0 saturated carbocycles. The molecule has 0 saturated heterocycles. The molecule has 0 radical (unpaired) electrons. The highest BCUT2D eigenvalue weighted by Gasteiger charge is 2.04. The van der Waals surface area contributed by atoms with Gasteiger partial charge in [-0.15, -0.1) is 11.8 Å². The van der Waals surface area contributed by atoms with E-state index in [0.29, 0.717) is 12.0 Å². The van der Waals surface area contributed by atoms with Gasteiger partial charge in [0, 0.05) is 18.7 Å². The number of nitrogens with zero attached hydrogens (tertiary/aromatic N) is 1. The van der Waals surface area contributed by atoms with Crippen molar-refractivity contribution in [1.29, 1.82) is 0 Å². The molecule has 0 fully saturated rings. The smallest absolute Gasteiger partial charge is 0.141 e. The van der Waals surface area contributed by atoms with E-state index >= 15 is 0 Å². The minimum atomic E-state index is -0.364. The van der Waals surface area contributed by atoms with Gasteiger partial charge in [-0.2, -0.15) is 0 Å². The van der Waals surface area contributed by atoms with Crippen LogP contribution in [0.3, 0.4) is 0 Å². The standard InChI is InChI=1S/C10H11FN2/c1-2-3-4-10(12)8-5-9(11)7-13-6-8/h5-7,10H,4,12H2,1H3. The highest BCUT2D eigenvalue weighted by atomic mass is 19.1. The van der Waals surface area contributed by atoms with Crippen LogP contribution < -0.4 is 5.73 Å². The summed E-state index contributed by atoms with van der Waals surface area (Å²) in [6, 6.07) is 1.13. The number of hydrogen-bond acceptors (Lipinski definition) is 2. The molecule has 0 spiro atoms. The Morgan fingerprint density at radius 1 is 1.62 bits per heavy atom. The Morgan fingerprint density at radius 3 is 3.00 bits per heavy atom. The molecule has 0 aliphatic heterocycles. The molecule has 1 atom stereocenters. The molecule has 68 valence electrons. The molecule has 3 heteroatoms. The van der Waals surface area contributed by atoms with Gasteiger partial charge in [-0.1, -0.05) is 0 Å². The topological polar surface area (TPSA) is 38.9 Å². The summed E-state index contributed by atoms with van der Waals surface area (Å²) in [7, 11) is 0. The first-order valence-corrected chi connectivity index (χ1v) is 3.99. The molecular weight excluding hydrogens is 167 g/mol. The van der Waals surface area contributed by atoms with Crippen molar-refractivity contribution in [1.82, 2.24) is 4.98 Å². The van der Waals surface area contributed by atoms with E-state index in [0.717, 1.165) is 6.20 Å². The van der Waals surface area contributed by atoms with E-state index in [2.05, 4.69) is 16.8 Å². The normalized spacial score (nSPS) is 11.6. The van der Waals surface area contributed by atoms with Crippen molar-refractivity contribution in [3.8, 4) is 11.8 Å². The second kappa shape index (κ2) is 4.58. The lowest BCUT2D eigenvalue weighted by molar-refractivity contribution is 0.612. The Kier molecular flexibility index (Phi) is 3.41. The predicted octanol–water partition coefficient (Wildman–Crippen LogP) is 1.63. The van der Waals surface area contributed by atoms with Crippen LogP contribution in [0, 0.1) is 17.7 Å². The van der Waals surface area contributed by atoms with E-state index in [1.54, 1.807) is 13.1 Å². The number of nitrogens with two attached hydrogens (primary N) is 1. The third-order valence-electron chi connectivity index (χ3n) is 1.65. The maximum atomic E-state index is 12.7. The van der Waals surface area contributed by atoms with Crippen LogP contribution in [-0.2, 0) is 0 Å². The molecule has 2 nitrogen and oxygen atoms in total. The number of pyridine rings is 1. The van der Waals surface area contributed by atoms with E-state index in [1.807, 2.05) is 0 Å². The van der Waals surface area contributed by atoms with Gasteiger partial charge in [-0.05, 0) is 18.6 Å². The second-order valence-corrected chi connectivity index (χ2v) is 2.67. The van der Waals surface area contributed by atoms with Crippen LogP contribution in [0.15, 0.2) is 18.5 Å². The van der Waals surface area contributed by atoms with Gasteiger partial charge in [-0.3, -0.25) is 4.98 Å². The predicted molar refractivity (Wildman–Crippen MR) is 49.2 cm³/mol. The SMILES string of the molecule is CC#CCC(N)c1cncc(F)c1. The van der Waals surface area contributed by atoms with Crippen LogP contribution in [-0.4, -0.2) is 4.98 Å². The van der Waals surface area contributed by atoms with E-state index in [-0.39, 0.29) is 11.9 Å². The maximum Gasteiger partial charge on any atom is 0.141 e. The average molecular weight is 178 g/mol. The number of halogens is 1. The molecule has 0 aliphatic carbocycles. The first-order chi connectivity index (χ1) is 6.24. The molecule has 1 aromatic heterocycles. The Balaban J connectivity index is 2.74. The molecule has 1 unspecified atom stereocenters. The van der Waals surface area contributed by atoms with E-state index in [4.69, 9.17) is 5.73 Å². The molecular formula is C10H11FN2. The molecule has 0 aliphatic rings. The van der Waals surface area contributed by atoms with Gasteiger partial charge in [0.2, 0.25) is 0 Å². The molecule has 0 amide bonds. The van der Waals surface area contributed by atoms with Crippen molar-refractivity contribution in [2.45, 2.75) is 19.4 Å². The lowest BCUT2D eigenvalue weighted by atomic mass is 10.1. The molecule has 2 N–H and O–H groups in total. The van der Waals surface area contributed by atoms with E-state index in [9.17, 15) is 4.39 Å². The molecule has 13 heavy (non-hydrogen) atoms. The highest BCUT2D eigenvalue weighted by molar-refractivity contribution is 5.16. The number of aromatic nitrogens is 1. The Bertz CT molecular complexity index is 338. The summed E-state index contributed by atoms with van der Waals surface area (Å²) < 4.78 is 12.7. The van der Waals surface area contributed by atoms with Gasteiger partial charge in [0.15, 0.2) is 0 Å². The van der Waals surface area contributed by atoms with E-state index < -0.39 is 0 Å². The molecule has 0 bridgehead atoms. The van der Waals surface area contributed by atoms with Crippen LogP contribution >= 0.6 is 0 Å². The summed E-state index contributed by atoms with van der Waals surface area (Å²) in [5, 5.41) is 0. The highest BCUT2D eigenvalue weighted by Crippen LogP contribution is 2.12. The number of hydrogen-bond donors (Lipinski definition) is 1. The van der Waals surface area contributed by atoms with Crippen LogP contribution in [0.5, 0.6) is 0 Å². The van der Waals surface area contributed by atoms with E-state index in [1.165, 1.54) is 6.07 Å². The minimum Gasteiger partial charge on any atom is -0.323 e. The van der Waals surface area contributed by atoms with Crippen LogP contribution in [0.25, 0.3) is 0 Å². The zero-order chi connectivity index (χ0) is 9.68. The fraction of sp³-hybridized carbons (Fsp3) is 0.300. The van der Waals surface area contributed by atoms with Crippen molar-refractivity contribution >= 4 is 0 Å². The molecule has 1 heterocycles. The van der Waals surface area contributed by atoms with Gasteiger partial charge < -0.3 is 5.73 Å². The van der Waals surface area contributed by atoms with Crippen LogP contribution in [0.2, 0.25) is 0 Å². The maximum absolute atomic E-state index is 12.7. The second-order valence-electron chi connectivity index (χ2n) is 2.67. The first-order valence-electron chi connectivity index (χ1n) is 3.99. The first kappa shape index (κ1) is 9.69. The zero-order valence-electron chi connectivity index (χ0n) is 7.42. The van der Waals surface area contributed by atoms with Gasteiger partial charge in [0.25, 0.3) is 0 Å². The largest absolute Gasteiger partial charge is 0.323 e. The summed E-state index contributed by atoms with van der Waals surface area (Å²) in [5.41, 5.74) is 6.42. The summed E-state index contributed by atoms with van der Waals surface area (Å²) in [6.45, 7) is 1.75. The van der Waals surface area contributed by atoms with Crippen LogP contribution in [0.1, 0.15) is 24.9 Å². The van der Waals surface area contributed by atoms with Crippen molar-refractivity contribution in [2.24, 2.45) is 5.73 Å². The third kappa shape index (κ3) is 2.85. The van der Waals surface area contributed by atoms with Crippen molar-refractivity contribution < 1.29 is 4.39 Å². The zero-order valence-corrected chi connectivity index (χ0v) is 7.42. The summed E-state index contributed by atoms with van der Waals surface area (Å²) >= 11 is 0. The van der Waals surface area contributed by atoms with Gasteiger partial charge in [0.1, 0.15) is 5.82 Å². The monoisotopic (exact) mass is 178 g/mol. The third-order valence-corrected chi connectivity index (χ3v) is 1.65. The number of rotatable bonds is 2. The fourth-order valence-corrected chi connectivity index (χ4v) is 0.961. The Morgan fingerprint density at radius 2 is 2.38 bits per heavy atom. The van der Waals surface area contributed by atoms with Crippen molar-refractivity contribution in [3.05, 3.63) is 29.8 Å². The Labute approximate surface area is 77.0 Å². The average Bonchev–Trinajstić information content (AvgIpc) is 2.14. The lowest BCUT2D eigenvalue weighted by Gasteiger charge is -2.06. The summed E-state index contributed by atoms with van der Waals surface area (Å²) in [5.74, 6) is 5.22. The molecule has 1 rings (SSSR count). The lowest BCUT2D eigenvalue weighted by Crippen LogP contribution is -2.09. The fourth-order valence-electron chi connectivity index (χ4n) is 0.961. The minimum absolute atomic E-state index is 0.254. The van der Waals surface area contributed by atoms with Crippen molar-refractivity contribution in [3.63, 3.8) is 0 Å².